The van der Waals surface area contributed by atoms with Crippen LogP contribution in [-0.2, 0) is 13.3 Å². The fourth-order valence-corrected chi connectivity index (χ4v) is 4.71. The quantitative estimate of drug-likeness (QED) is 0.311. The average molecular weight is 334 g/mol. The summed E-state index contributed by atoms with van der Waals surface area (Å²) < 4.78 is 18.7. The second-order valence-electron chi connectivity index (χ2n) is 6.20. The molecule has 0 fully saturated rings. The average Bonchev–Trinajstić information content (AvgIpc) is 2.47. The molecule has 134 valence electrons. The molecule has 0 aromatic carbocycles. The van der Waals surface area contributed by atoms with E-state index in [1.54, 1.807) is 0 Å². The Bertz CT molecular complexity index is 213. The minimum atomic E-state index is -2.50. The fourth-order valence-electron chi connectivity index (χ4n) is 2.07. The van der Waals surface area contributed by atoms with Crippen molar-refractivity contribution in [2.75, 3.05) is 40.5 Å². The normalized spacial score (nSPS) is 12.3. The zero-order valence-corrected chi connectivity index (χ0v) is 16.7. The van der Waals surface area contributed by atoms with Gasteiger partial charge in [0.25, 0.3) is 0 Å². The van der Waals surface area contributed by atoms with Gasteiger partial charge in [0.15, 0.2) is 0 Å². The van der Waals surface area contributed by atoms with Gasteiger partial charge in [-0.25, -0.2) is 0 Å². The van der Waals surface area contributed by atoms with Gasteiger partial charge in [-0.3, -0.25) is 0 Å². The molecule has 22 heavy (non-hydrogen) atoms. The molecule has 0 aliphatic rings. The highest BCUT2D eigenvalue weighted by molar-refractivity contribution is 6.60. The Kier molecular flexibility index (Phi) is 14.7. The van der Waals surface area contributed by atoms with Gasteiger partial charge in [-0.05, 0) is 46.3 Å². The molecule has 0 aromatic rings. The first-order valence-corrected chi connectivity index (χ1v) is 11.1. The molecule has 0 aromatic heterocycles. The SMILES string of the molecule is CCCCO[Si](CCCN(C)C)(OCCCC)OCCCC. The summed E-state index contributed by atoms with van der Waals surface area (Å²) in [6.07, 6.45) is 7.75. The third-order valence-corrected chi connectivity index (χ3v) is 6.45. The van der Waals surface area contributed by atoms with Gasteiger partial charge in [-0.1, -0.05) is 40.0 Å². The summed E-state index contributed by atoms with van der Waals surface area (Å²) in [5.41, 5.74) is 0. The maximum atomic E-state index is 6.22. The van der Waals surface area contributed by atoms with Crippen LogP contribution in [0.2, 0.25) is 6.04 Å². The molecule has 0 saturated heterocycles. The van der Waals surface area contributed by atoms with Crippen LogP contribution in [0.1, 0.15) is 65.7 Å². The third kappa shape index (κ3) is 11.6. The zero-order chi connectivity index (χ0) is 16.7. The predicted molar refractivity (Wildman–Crippen MR) is 96.3 cm³/mol. The molecule has 0 spiro atoms. The van der Waals surface area contributed by atoms with Crippen LogP contribution < -0.4 is 0 Å². The van der Waals surface area contributed by atoms with E-state index in [0.717, 1.165) is 77.4 Å². The van der Waals surface area contributed by atoms with Gasteiger partial charge in [0.05, 0.1) is 0 Å². The maximum absolute atomic E-state index is 6.22. The van der Waals surface area contributed by atoms with Gasteiger partial charge in [-0.15, -0.1) is 0 Å². The first-order valence-electron chi connectivity index (χ1n) is 9.16. The van der Waals surface area contributed by atoms with Gasteiger partial charge in [0.1, 0.15) is 0 Å². The number of hydrogen-bond acceptors (Lipinski definition) is 4. The highest BCUT2D eigenvalue weighted by Gasteiger charge is 2.40. The molecule has 0 saturated carbocycles. The van der Waals surface area contributed by atoms with E-state index in [9.17, 15) is 0 Å². The molecule has 0 N–H and O–H groups in total. The summed E-state index contributed by atoms with van der Waals surface area (Å²) in [5, 5.41) is 0. The van der Waals surface area contributed by atoms with Crippen LogP contribution in [0.5, 0.6) is 0 Å². The fraction of sp³-hybridized carbons (Fsp3) is 1.00. The second kappa shape index (κ2) is 14.6. The Hall–Kier alpha value is 0.0569. The summed E-state index contributed by atoms with van der Waals surface area (Å²) in [6, 6.07) is 0.933. The molecule has 5 heteroatoms. The Morgan fingerprint density at radius 1 is 0.682 bits per heavy atom. The Labute approximate surface area is 139 Å². The lowest BCUT2D eigenvalue weighted by Gasteiger charge is -2.30. The standard InChI is InChI=1S/C17H39NO3Si/c1-6-9-14-19-22(20-15-10-7-2,21-16-11-8-3)17-12-13-18(4)5/h6-17H2,1-5H3. The maximum Gasteiger partial charge on any atom is 0.501 e. The molecule has 0 unspecified atom stereocenters. The summed E-state index contributed by atoms with van der Waals surface area (Å²) in [5.74, 6) is 0. The second-order valence-corrected chi connectivity index (χ2v) is 8.93. The van der Waals surface area contributed by atoms with E-state index in [1.165, 1.54) is 0 Å². The van der Waals surface area contributed by atoms with Crippen LogP contribution in [0.3, 0.4) is 0 Å². The van der Waals surface area contributed by atoms with Gasteiger partial charge >= 0.3 is 8.80 Å². The molecule has 0 rings (SSSR count). The topological polar surface area (TPSA) is 30.9 Å². The van der Waals surface area contributed by atoms with Crippen molar-refractivity contribution < 1.29 is 13.3 Å². The lowest BCUT2D eigenvalue weighted by molar-refractivity contribution is 0.0554. The smallest absolute Gasteiger partial charge is 0.373 e. The highest BCUT2D eigenvalue weighted by Crippen LogP contribution is 2.20. The third-order valence-electron chi connectivity index (χ3n) is 3.55. The molecular formula is C17H39NO3Si. The number of nitrogens with zero attached hydrogens (tertiary/aromatic N) is 1. The van der Waals surface area contributed by atoms with Crippen molar-refractivity contribution in [3.8, 4) is 0 Å². The van der Waals surface area contributed by atoms with E-state index in [4.69, 9.17) is 13.3 Å². The van der Waals surface area contributed by atoms with Crippen molar-refractivity contribution in [2.24, 2.45) is 0 Å². The summed E-state index contributed by atoms with van der Waals surface area (Å²) in [6.45, 7) is 9.92. The molecule has 0 heterocycles. The van der Waals surface area contributed by atoms with Crippen LogP contribution in [0.4, 0.5) is 0 Å². The van der Waals surface area contributed by atoms with Crippen LogP contribution in [0, 0.1) is 0 Å². The van der Waals surface area contributed by atoms with Crippen LogP contribution >= 0.6 is 0 Å². The van der Waals surface area contributed by atoms with E-state index in [0.29, 0.717) is 0 Å². The first-order chi connectivity index (χ1) is 10.6. The van der Waals surface area contributed by atoms with Gasteiger partial charge in [0, 0.05) is 25.9 Å². The van der Waals surface area contributed by atoms with E-state index >= 15 is 0 Å². The summed E-state index contributed by atoms with van der Waals surface area (Å²) >= 11 is 0. The first kappa shape index (κ1) is 22.1. The Morgan fingerprint density at radius 3 is 1.41 bits per heavy atom. The van der Waals surface area contributed by atoms with Crippen LogP contribution in [-0.4, -0.2) is 54.2 Å². The summed E-state index contributed by atoms with van der Waals surface area (Å²) in [4.78, 5) is 2.21. The van der Waals surface area contributed by atoms with E-state index < -0.39 is 8.80 Å². The minimum Gasteiger partial charge on any atom is -0.373 e. The van der Waals surface area contributed by atoms with Crippen molar-refractivity contribution in [1.29, 1.82) is 0 Å². The van der Waals surface area contributed by atoms with E-state index in [1.807, 2.05) is 0 Å². The monoisotopic (exact) mass is 333 g/mol. The lowest BCUT2D eigenvalue weighted by Crippen LogP contribution is -2.47. The molecule has 0 bridgehead atoms. The highest BCUT2D eigenvalue weighted by atomic mass is 28.4. The van der Waals surface area contributed by atoms with Crippen molar-refractivity contribution in [2.45, 2.75) is 71.8 Å². The molecule has 0 aliphatic carbocycles. The largest absolute Gasteiger partial charge is 0.501 e. The lowest BCUT2D eigenvalue weighted by atomic mass is 10.4. The van der Waals surface area contributed by atoms with Gasteiger partial charge in [0.2, 0.25) is 0 Å². The molecule has 0 aliphatic heterocycles. The van der Waals surface area contributed by atoms with Gasteiger partial charge in [-0.2, -0.15) is 0 Å². The van der Waals surface area contributed by atoms with E-state index in [2.05, 4.69) is 39.8 Å². The summed E-state index contributed by atoms with van der Waals surface area (Å²) in [7, 11) is 1.72. The van der Waals surface area contributed by atoms with Gasteiger partial charge < -0.3 is 18.2 Å². The molecule has 4 nitrogen and oxygen atoms in total. The molecular weight excluding hydrogens is 294 g/mol. The number of hydrogen-bond donors (Lipinski definition) is 0. The Morgan fingerprint density at radius 2 is 1.09 bits per heavy atom. The molecule has 0 amide bonds. The minimum absolute atomic E-state index is 0.767. The van der Waals surface area contributed by atoms with Crippen molar-refractivity contribution in [1.82, 2.24) is 4.90 Å². The Balaban J connectivity index is 4.60. The predicted octanol–water partition coefficient (Wildman–Crippen LogP) is 4.33. The van der Waals surface area contributed by atoms with Crippen molar-refractivity contribution >= 4 is 8.80 Å². The molecule has 0 radical (unpaired) electrons. The van der Waals surface area contributed by atoms with Crippen LogP contribution in [0.25, 0.3) is 0 Å². The zero-order valence-electron chi connectivity index (χ0n) is 15.7. The number of unbranched alkanes of at least 4 members (excludes halogenated alkanes) is 3. The van der Waals surface area contributed by atoms with Crippen molar-refractivity contribution in [3.05, 3.63) is 0 Å². The van der Waals surface area contributed by atoms with Crippen molar-refractivity contribution in [3.63, 3.8) is 0 Å². The van der Waals surface area contributed by atoms with E-state index in [-0.39, 0.29) is 0 Å². The van der Waals surface area contributed by atoms with Crippen LogP contribution in [0.15, 0.2) is 0 Å². The molecule has 0 atom stereocenters. The number of rotatable bonds is 16.